The van der Waals surface area contributed by atoms with Crippen molar-refractivity contribution in [2.75, 3.05) is 18.1 Å². The molecule has 1 aliphatic carbocycles. The topological polar surface area (TPSA) is 84.9 Å². The Hall–Kier alpha value is -2.67. The van der Waals surface area contributed by atoms with Crippen LogP contribution in [0.25, 0.3) is 0 Å². The lowest BCUT2D eigenvalue weighted by Crippen LogP contribution is -2.41. The Labute approximate surface area is 181 Å². The molecule has 1 aromatic carbocycles. The fraction of sp³-hybridized carbons (Fsp3) is 0.542. The monoisotopic (exact) mass is 424 g/mol. The van der Waals surface area contributed by atoms with Gasteiger partial charge in [0.1, 0.15) is 11.5 Å². The van der Waals surface area contributed by atoms with E-state index in [1.54, 1.807) is 4.90 Å². The Morgan fingerprint density at radius 1 is 1.19 bits per heavy atom. The number of esters is 1. The van der Waals surface area contributed by atoms with Crippen LogP contribution in [0.2, 0.25) is 0 Å². The van der Waals surface area contributed by atoms with E-state index in [1.807, 2.05) is 38.1 Å². The second-order valence-electron chi connectivity index (χ2n) is 9.33. The van der Waals surface area contributed by atoms with E-state index >= 15 is 0 Å². The summed E-state index contributed by atoms with van der Waals surface area (Å²) < 4.78 is 11.5. The molecule has 0 radical (unpaired) electrons. The van der Waals surface area contributed by atoms with Crippen LogP contribution in [0.1, 0.15) is 36.8 Å². The van der Waals surface area contributed by atoms with E-state index in [9.17, 15) is 14.4 Å². The first kappa shape index (κ1) is 20.2. The number of nitrogens with one attached hydrogen (secondary N) is 1. The quantitative estimate of drug-likeness (QED) is 0.579. The predicted octanol–water partition coefficient (Wildman–Crippen LogP) is 2.19. The molecule has 7 heteroatoms. The zero-order chi connectivity index (χ0) is 21.8. The van der Waals surface area contributed by atoms with E-state index < -0.39 is 29.5 Å². The standard InChI is InChI=1S/C24H28N2O5/c1-14-9-15(2)11-17(10-14)26-13-24-8-7-18(31-24)20(21(24)22(26)28)23(29)30-12-19(27)25-16-5-3-4-6-16/h7-11,16,18,20-21H,3-6,12-13H2,1-2H3,(H,25,27)/t18-,20-,21-,24-/m1/s1. The number of amides is 2. The minimum atomic E-state index is -0.810. The van der Waals surface area contributed by atoms with Crippen molar-refractivity contribution in [2.45, 2.75) is 57.3 Å². The Morgan fingerprint density at radius 3 is 2.61 bits per heavy atom. The Morgan fingerprint density at radius 2 is 1.90 bits per heavy atom. The van der Waals surface area contributed by atoms with Crippen molar-refractivity contribution >= 4 is 23.5 Å². The molecule has 1 saturated carbocycles. The van der Waals surface area contributed by atoms with Gasteiger partial charge in [-0.2, -0.15) is 0 Å². The minimum absolute atomic E-state index is 0.130. The third-order valence-corrected chi connectivity index (χ3v) is 6.96. The van der Waals surface area contributed by atoms with Gasteiger partial charge in [0.15, 0.2) is 6.61 Å². The Kier molecular flexibility index (Phi) is 4.88. The fourth-order valence-corrected chi connectivity index (χ4v) is 5.66. The van der Waals surface area contributed by atoms with Crippen molar-refractivity contribution in [3.8, 4) is 0 Å². The van der Waals surface area contributed by atoms with Gasteiger partial charge >= 0.3 is 5.97 Å². The van der Waals surface area contributed by atoms with E-state index in [0.717, 1.165) is 42.5 Å². The lowest BCUT2D eigenvalue weighted by molar-refractivity contribution is -0.155. The molecule has 31 heavy (non-hydrogen) atoms. The first-order valence-corrected chi connectivity index (χ1v) is 11.1. The summed E-state index contributed by atoms with van der Waals surface area (Å²) in [4.78, 5) is 40.2. The van der Waals surface area contributed by atoms with Gasteiger partial charge in [0.05, 0.1) is 18.6 Å². The molecule has 0 unspecified atom stereocenters. The molecule has 4 aliphatic rings. The van der Waals surface area contributed by atoms with E-state index in [4.69, 9.17) is 9.47 Å². The van der Waals surface area contributed by atoms with Crippen molar-refractivity contribution < 1.29 is 23.9 Å². The number of nitrogens with zero attached hydrogens (tertiary/aromatic N) is 1. The van der Waals surface area contributed by atoms with E-state index in [1.165, 1.54) is 0 Å². The van der Waals surface area contributed by atoms with Gasteiger partial charge in [-0.25, -0.2) is 0 Å². The molecule has 4 atom stereocenters. The number of ether oxygens (including phenoxy) is 2. The molecule has 5 rings (SSSR count). The molecule has 0 aromatic heterocycles. The number of hydrogen-bond donors (Lipinski definition) is 1. The van der Waals surface area contributed by atoms with E-state index in [2.05, 4.69) is 11.4 Å². The van der Waals surface area contributed by atoms with Crippen LogP contribution < -0.4 is 10.2 Å². The molecule has 3 heterocycles. The number of carbonyl (C=O) groups is 3. The highest BCUT2D eigenvalue weighted by atomic mass is 16.6. The number of rotatable bonds is 5. The average Bonchev–Trinajstić information content (AvgIpc) is 3.48. The molecule has 3 aliphatic heterocycles. The minimum Gasteiger partial charge on any atom is -0.455 e. The first-order chi connectivity index (χ1) is 14.9. The van der Waals surface area contributed by atoms with Gasteiger partial charge in [0, 0.05) is 11.7 Å². The summed E-state index contributed by atoms with van der Waals surface area (Å²) in [5, 5.41) is 2.92. The van der Waals surface area contributed by atoms with Crippen molar-refractivity contribution in [2.24, 2.45) is 11.8 Å². The molecule has 2 amide bonds. The van der Waals surface area contributed by atoms with Gasteiger partial charge < -0.3 is 19.7 Å². The van der Waals surface area contributed by atoms with Crippen LogP contribution in [0.5, 0.6) is 0 Å². The Balaban J connectivity index is 1.30. The number of aryl methyl sites for hydroxylation is 2. The second kappa shape index (κ2) is 7.48. The highest BCUT2D eigenvalue weighted by Crippen LogP contribution is 2.53. The van der Waals surface area contributed by atoms with Crippen molar-refractivity contribution in [1.82, 2.24) is 5.32 Å². The number of hydrogen-bond acceptors (Lipinski definition) is 5. The van der Waals surface area contributed by atoms with Crippen LogP contribution in [0, 0.1) is 25.7 Å². The van der Waals surface area contributed by atoms with Gasteiger partial charge in [-0.3, -0.25) is 14.4 Å². The van der Waals surface area contributed by atoms with Crippen LogP contribution in [-0.2, 0) is 23.9 Å². The SMILES string of the molecule is Cc1cc(C)cc(N2C[C@@]34C=C[C@@H](O3)[C@@H](C(=O)OCC(=O)NC3CCCC3)[C@@H]4C2=O)c1. The van der Waals surface area contributed by atoms with Crippen molar-refractivity contribution in [1.29, 1.82) is 0 Å². The molecule has 1 N–H and O–H groups in total. The Bertz CT molecular complexity index is 946. The van der Waals surface area contributed by atoms with Crippen molar-refractivity contribution in [3.05, 3.63) is 41.5 Å². The first-order valence-electron chi connectivity index (χ1n) is 11.1. The van der Waals surface area contributed by atoms with Crippen LogP contribution in [0.4, 0.5) is 5.69 Å². The largest absolute Gasteiger partial charge is 0.455 e. The summed E-state index contributed by atoms with van der Waals surface area (Å²) in [5.41, 5.74) is 2.15. The summed E-state index contributed by atoms with van der Waals surface area (Å²) in [5.74, 6) is -2.32. The molecule has 1 aromatic rings. The predicted molar refractivity (Wildman–Crippen MR) is 113 cm³/mol. The molecule has 1 spiro atoms. The molecule has 164 valence electrons. The summed E-state index contributed by atoms with van der Waals surface area (Å²) >= 11 is 0. The fourth-order valence-electron chi connectivity index (χ4n) is 5.66. The van der Waals surface area contributed by atoms with Crippen LogP contribution in [0.15, 0.2) is 30.4 Å². The summed E-state index contributed by atoms with van der Waals surface area (Å²) in [6, 6.07) is 6.17. The van der Waals surface area contributed by atoms with Gasteiger partial charge in [-0.15, -0.1) is 0 Å². The van der Waals surface area contributed by atoms with Gasteiger partial charge in [-0.05, 0) is 49.9 Å². The lowest BCUT2D eigenvalue weighted by atomic mass is 9.77. The zero-order valence-corrected chi connectivity index (χ0v) is 17.9. The summed E-state index contributed by atoms with van der Waals surface area (Å²) in [6.45, 7) is 4.04. The van der Waals surface area contributed by atoms with Gasteiger partial charge in [-0.1, -0.05) is 31.1 Å². The van der Waals surface area contributed by atoms with Crippen LogP contribution >= 0.6 is 0 Å². The maximum absolute atomic E-state index is 13.4. The molecular weight excluding hydrogens is 396 g/mol. The van der Waals surface area contributed by atoms with E-state index in [0.29, 0.717) is 6.54 Å². The third-order valence-electron chi connectivity index (χ3n) is 6.96. The van der Waals surface area contributed by atoms with Gasteiger partial charge in [0.25, 0.3) is 5.91 Å². The number of fused-ring (bicyclic) bond motifs is 1. The number of anilines is 1. The molecule has 2 bridgehead atoms. The lowest BCUT2D eigenvalue weighted by Gasteiger charge is -2.23. The third kappa shape index (κ3) is 3.45. The highest BCUT2D eigenvalue weighted by molar-refractivity contribution is 6.02. The van der Waals surface area contributed by atoms with Crippen molar-refractivity contribution in [3.63, 3.8) is 0 Å². The molecular formula is C24H28N2O5. The number of carbonyl (C=O) groups excluding carboxylic acids is 3. The molecule has 2 saturated heterocycles. The number of benzene rings is 1. The van der Waals surface area contributed by atoms with Crippen LogP contribution in [-0.4, -0.2) is 48.7 Å². The summed E-state index contributed by atoms with van der Waals surface area (Å²) in [7, 11) is 0. The van der Waals surface area contributed by atoms with E-state index in [-0.39, 0.29) is 24.5 Å². The zero-order valence-electron chi connectivity index (χ0n) is 17.9. The smallest absolute Gasteiger partial charge is 0.313 e. The molecule has 3 fully saturated rings. The highest BCUT2D eigenvalue weighted by Gasteiger charge is 2.67. The molecule has 7 nitrogen and oxygen atoms in total. The normalized spacial score (nSPS) is 31.4. The maximum atomic E-state index is 13.4. The van der Waals surface area contributed by atoms with Crippen LogP contribution in [0.3, 0.4) is 0 Å². The second-order valence-corrected chi connectivity index (χ2v) is 9.33. The average molecular weight is 424 g/mol. The van der Waals surface area contributed by atoms with Gasteiger partial charge in [0.2, 0.25) is 5.91 Å². The summed E-state index contributed by atoms with van der Waals surface area (Å²) in [6.07, 6.45) is 7.44. The maximum Gasteiger partial charge on any atom is 0.313 e.